The predicted molar refractivity (Wildman–Crippen MR) is 200 cm³/mol. The number of ether oxygens (including phenoxy) is 1. The van der Waals surface area contributed by atoms with Gasteiger partial charge >= 0.3 is 6.01 Å². The molecule has 4 aliphatic rings. The van der Waals surface area contributed by atoms with E-state index in [1.807, 2.05) is 11.1 Å². The van der Waals surface area contributed by atoms with Gasteiger partial charge in [-0.25, -0.2) is 13.8 Å². The lowest BCUT2D eigenvalue weighted by Crippen LogP contribution is -2.33. The van der Waals surface area contributed by atoms with Crippen molar-refractivity contribution < 1.29 is 21.9 Å². The number of hydrogen-bond donors (Lipinski definition) is 1. The maximum absolute atomic E-state index is 16.9. The molecule has 2 atom stereocenters. The molecule has 6 heterocycles. The molecule has 3 aromatic carbocycles. The molecule has 1 N–H and O–H groups in total. The molecule has 10 rings (SSSR count). The molecule has 1 aliphatic carbocycles. The van der Waals surface area contributed by atoms with Gasteiger partial charge in [0.2, 0.25) is 0 Å². The van der Waals surface area contributed by atoms with Crippen LogP contribution in [0.4, 0.5) is 14.6 Å². The summed E-state index contributed by atoms with van der Waals surface area (Å²) in [6.45, 7) is 2.50. The Labute approximate surface area is 314 Å². The van der Waals surface area contributed by atoms with Gasteiger partial charge in [-0.15, -0.1) is 15.6 Å². The third kappa shape index (κ3) is 5.83. The van der Waals surface area contributed by atoms with Gasteiger partial charge in [0.05, 0.1) is 15.8 Å². The summed E-state index contributed by atoms with van der Waals surface area (Å²) in [6.07, 6.45) is 13.7. The molecule has 0 spiro atoms. The maximum atomic E-state index is 16.9. The first-order valence-electron chi connectivity index (χ1n) is 18.2. The highest BCUT2D eigenvalue weighted by atomic mass is 32.2. The number of terminal acetylenes is 1. The summed E-state index contributed by atoms with van der Waals surface area (Å²) in [7, 11) is -3.84. The number of pyridine rings is 1. The van der Waals surface area contributed by atoms with Gasteiger partial charge in [-0.1, -0.05) is 42.3 Å². The second kappa shape index (κ2) is 12.8. The van der Waals surface area contributed by atoms with E-state index in [1.54, 1.807) is 54.7 Å². The number of aromatic nitrogens is 6. The molecular weight excluding hydrogens is 725 g/mol. The molecular formula is C40H33F2N9O3S. The van der Waals surface area contributed by atoms with Gasteiger partial charge in [-0.2, -0.15) is 18.4 Å². The largest absolute Gasteiger partial charge is 0.459 e. The molecule has 6 aromatic rings. The Balaban J connectivity index is 0.925. The van der Waals surface area contributed by atoms with Crippen LogP contribution in [-0.4, -0.2) is 74.2 Å². The Kier molecular flexibility index (Phi) is 7.82. The summed E-state index contributed by atoms with van der Waals surface area (Å²) in [4.78, 5) is 22.6. The molecule has 2 unspecified atom stereocenters. The van der Waals surface area contributed by atoms with E-state index in [2.05, 4.69) is 36.2 Å². The Morgan fingerprint density at radius 3 is 2.62 bits per heavy atom. The van der Waals surface area contributed by atoms with E-state index in [4.69, 9.17) is 16.1 Å². The van der Waals surface area contributed by atoms with E-state index in [0.29, 0.717) is 59.4 Å². The summed E-state index contributed by atoms with van der Waals surface area (Å²) < 4.78 is 65.4. The summed E-state index contributed by atoms with van der Waals surface area (Å²) >= 11 is 0. The maximum Gasteiger partial charge on any atom is 0.319 e. The van der Waals surface area contributed by atoms with Crippen LogP contribution in [0.25, 0.3) is 32.9 Å². The van der Waals surface area contributed by atoms with Crippen molar-refractivity contribution in [2.75, 3.05) is 24.5 Å². The Morgan fingerprint density at radius 1 is 1.00 bits per heavy atom. The van der Waals surface area contributed by atoms with Crippen molar-refractivity contribution >= 4 is 37.5 Å². The summed E-state index contributed by atoms with van der Waals surface area (Å²) in [6, 6.07) is 15.2. The summed E-state index contributed by atoms with van der Waals surface area (Å²) in [5, 5.41) is 9.03. The molecule has 0 radical (unpaired) electrons. The first-order valence-corrected chi connectivity index (χ1v) is 19.6. The fraction of sp³-hybridized carbons (Fsp3) is 0.275. The van der Waals surface area contributed by atoms with Crippen LogP contribution >= 0.6 is 0 Å². The number of nitrogens with one attached hydrogen (secondary N) is 1. The van der Waals surface area contributed by atoms with E-state index < -0.39 is 21.7 Å². The number of nitrogens with zero attached hydrogens (tertiary/aromatic N) is 8. The van der Waals surface area contributed by atoms with Crippen molar-refractivity contribution in [3.05, 3.63) is 108 Å². The molecule has 276 valence electrons. The van der Waals surface area contributed by atoms with Gasteiger partial charge in [-0.3, -0.25) is 9.88 Å². The number of fused-ring (bicyclic) bond motifs is 4. The van der Waals surface area contributed by atoms with Gasteiger partial charge in [0.1, 0.15) is 35.3 Å². The smallest absolute Gasteiger partial charge is 0.319 e. The average Bonchev–Trinajstić information content (AvgIpc) is 3.55. The Morgan fingerprint density at radius 2 is 1.85 bits per heavy atom. The van der Waals surface area contributed by atoms with Crippen LogP contribution in [0.1, 0.15) is 48.6 Å². The zero-order chi connectivity index (χ0) is 37.4. The lowest BCUT2D eigenvalue weighted by atomic mass is 9.96. The monoisotopic (exact) mass is 757 g/mol. The van der Waals surface area contributed by atoms with Crippen LogP contribution in [0.2, 0.25) is 0 Å². The van der Waals surface area contributed by atoms with Crippen molar-refractivity contribution in [3.8, 4) is 29.6 Å². The first kappa shape index (κ1) is 33.6. The highest BCUT2D eigenvalue weighted by Gasteiger charge is 2.35. The van der Waals surface area contributed by atoms with Crippen LogP contribution in [0.3, 0.4) is 0 Å². The van der Waals surface area contributed by atoms with Gasteiger partial charge in [0, 0.05) is 73.6 Å². The molecule has 0 amide bonds. The fourth-order valence-electron chi connectivity index (χ4n) is 7.83. The van der Waals surface area contributed by atoms with Gasteiger partial charge in [-0.05, 0) is 48.4 Å². The van der Waals surface area contributed by atoms with E-state index in [9.17, 15) is 12.8 Å². The van der Waals surface area contributed by atoms with Gasteiger partial charge in [0.15, 0.2) is 11.6 Å². The zero-order valence-corrected chi connectivity index (χ0v) is 30.2. The van der Waals surface area contributed by atoms with Crippen LogP contribution in [-0.2, 0) is 16.6 Å². The molecule has 2 bridgehead atoms. The Bertz CT molecular complexity index is 2730. The van der Waals surface area contributed by atoms with Crippen molar-refractivity contribution in [1.29, 1.82) is 0 Å². The van der Waals surface area contributed by atoms with Gasteiger partial charge in [0.25, 0.3) is 10.0 Å². The average molecular weight is 758 g/mol. The lowest BCUT2D eigenvalue weighted by molar-refractivity contribution is 0.184. The number of likely N-dealkylation sites (tertiary alicyclic amines) is 1. The second-order valence-corrected chi connectivity index (χ2v) is 16.3. The van der Waals surface area contributed by atoms with Crippen molar-refractivity contribution in [2.45, 2.75) is 55.2 Å². The van der Waals surface area contributed by atoms with Crippen molar-refractivity contribution in [1.82, 2.24) is 39.3 Å². The fourth-order valence-corrected chi connectivity index (χ4v) is 8.89. The van der Waals surface area contributed by atoms with E-state index in [0.717, 1.165) is 41.2 Å². The van der Waals surface area contributed by atoms with Crippen LogP contribution in [0.15, 0.2) is 83.9 Å². The lowest BCUT2D eigenvalue weighted by Gasteiger charge is -2.25. The first-order chi connectivity index (χ1) is 26.7. The zero-order valence-electron chi connectivity index (χ0n) is 29.4. The highest BCUT2D eigenvalue weighted by molar-refractivity contribution is 7.89. The van der Waals surface area contributed by atoms with Gasteiger partial charge < -0.3 is 15.0 Å². The minimum Gasteiger partial charge on any atom is -0.459 e. The standard InChI is InChI=1S/C40H33F2N9O3S/c1-2-30-33(41)13-10-24-4-3-5-31(34(24)30)36-35(42)37-32(18-44-36)39(50-20-26-16-27(50)17-43-26)47-40(46-37)54-28-14-15-49(21-28)19-23-6-11-29(12-7-23)55(52,53)51-22-45-38(48-51)25-8-9-25/h1,3-7,10-13,17-18,22,25-26,28,43H,8-9,14-16,19-21H2. The SMILES string of the molecule is C#Cc1c(F)ccc2cccc(-c3ncc4c(N5CC6CC5=CN6)nc(OC5CCN(Cc6ccc(S(=O)(=O)n7cnc(C8CC8)n7)cc6)C5)nc4c3F)c12. The van der Waals surface area contributed by atoms with Crippen LogP contribution in [0.5, 0.6) is 6.01 Å². The minimum atomic E-state index is -3.84. The quantitative estimate of drug-likeness (QED) is 0.188. The van der Waals surface area contributed by atoms with E-state index >= 15 is 4.39 Å². The summed E-state index contributed by atoms with van der Waals surface area (Å²) in [5.74, 6) is 2.49. The third-order valence-electron chi connectivity index (χ3n) is 10.8. The number of halogens is 2. The molecule has 2 saturated heterocycles. The van der Waals surface area contributed by atoms with Crippen LogP contribution in [0, 0.1) is 24.0 Å². The number of hydrogen-bond acceptors (Lipinski definition) is 11. The summed E-state index contributed by atoms with van der Waals surface area (Å²) in [5.41, 5.74) is 2.40. The van der Waals surface area contributed by atoms with E-state index in [1.165, 1.54) is 12.4 Å². The highest BCUT2D eigenvalue weighted by Crippen LogP contribution is 2.40. The molecule has 12 nitrogen and oxygen atoms in total. The number of rotatable bonds is 9. The van der Waals surface area contributed by atoms with Crippen molar-refractivity contribution in [2.24, 2.45) is 0 Å². The van der Waals surface area contributed by atoms with Crippen molar-refractivity contribution in [3.63, 3.8) is 0 Å². The second-order valence-electron chi connectivity index (χ2n) is 14.5. The minimum absolute atomic E-state index is 0.00483. The van der Waals surface area contributed by atoms with E-state index in [-0.39, 0.29) is 45.7 Å². The molecule has 3 aromatic heterocycles. The molecule has 55 heavy (non-hydrogen) atoms. The molecule has 1 saturated carbocycles. The molecule has 3 aliphatic heterocycles. The van der Waals surface area contributed by atoms with Crippen LogP contribution < -0.4 is 15.0 Å². The number of benzene rings is 3. The third-order valence-corrected chi connectivity index (χ3v) is 12.3. The topological polar surface area (TPSA) is 131 Å². The predicted octanol–water partition coefficient (Wildman–Crippen LogP) is 5.49. The molecule has 15 heteroatoms. The molecule has 3 fully saturated rings. The number of anilines is 1. The normalized spacial score (nSPS) is 19.6. The Hall–Kier alpha value is -5.98.